The van der Waals surface area contributed by atoms with Gasteiger partial charge in [0.2, 0.25) is 0 Å². The molecule has 1 aliphatic carbocycles. The highest BCUT2D eigenvalue weighted by atomic mass is 19.3. The van der Waals surface area contributed by atoms with E-state index in [0.29, 0.717) is 18.5 Å². The summed E-state index contributed by atoms with van der Waals surface area (Å²) in [6.07, 6.45) is 1.17. The number of halogens is 2. The van der Waals surface area contributed by atoms with Crippen LogP contribution in [0.3, 0.4) is 0 Å². The highest BCUT2D eigenvalue weighted by molar-refractivity contribution is 5.80. The van der Waals surface area contributed by atoms with E-state index in [0.717, 1.165) is 11.5 Å². The zero-order valence-electron chi connectivity index (χ0n) is 12.5. The maximum atomic E-state index is 12.1. The van der Waals surface area contributed by atoms with Crippen LogP contribution in [-0.4, -0.2) is 37.6 Å². The molecule has 6 heteroatoms. The Hall–Kier alpha value is -1.85. The van der Waals surface area contributed by atoms with E-state index in [2.05, 4.69) is 22.0 Å². The van der Waals surface area contributed by atoms with Crippen LogP contribution in [0.15, 0.2) is 29.3 Å². The number of ether oxygens (including phenoxy) is 1. The highest BCUT2D eigenvalue weighted by Gasteiger charge is 2.33. The normalized spacial score (nSPS) is 21.3. The van der Waals surface area contributed by atoms with E-state index in [9.17, 15) is 8.78 Å². The van der Waals surface area contributed by atoms with Crippen LogP contribution < -0.4 is 10.1 Å². The smallest absolute Gasteiger partial charge is 0.387 e. The molecule has 1 fully saturated rings. The minimum atomic E-state index is -2.79. The summed E-state index contributed by atoms with van der Waals surface area (Å²) in [5.74, 6) is 1.71. The maximum absolute atomic E-state index is 12.1. The first kappa shape index (κ1) is 15.5. The van der Waals surface area contributed by atoms with Crippen LogP contribution in [0.4, 0.5) is 8.78 Å². The van der Waals surface area contributed by atoms with Crippen LogP contribution in [0, 0.1) is 5.92 Å². The Labute approximate surface area is 123 Å². The monoisotopic (exact) mass is 297 g/mol. The molecule has 0 spiro atoms. The predicted octanol–water partition coefficient (Wildman–Crippen LogP) is 2.70. The van der Waals surface area contributed by atoms with Crippen molar-refractivity contribution < 1.29 is 13.5 Å². The van der Waals surface area contributed by atoms with Crippen molar-refractivity contribution in [2.75, 3.05) is 14.1 Å². The van der Waals surface area contributed by atoms with E-state index < -0.39 is 6.61 Å². The number of hydrogen-bond donors (Lipinski definition) is 1. The van der Waals surface area contributed by atoms with Gasteiger partial charge in [0.1, 0.15) is 5.75 Å². The topological polar surface area (TPSA) is 36.9 Å². The van der Waals surface area contributed by atoms with E-state index in [1.165, 1.54) is 6.42 Å². The summed E-state index contributed by atoms with van der Waals surface area (Å²) in [6.45, 7) is 0.0599. The van der Waals surface area contributed by atoms with Gasteiger partial charge >= 0.3 is 6.61 Å². The molecule has 1 aromatic carbocycles. The zero-order chi connectivity index (χ0) is 15.4. The quantitative estimate of drug-likeness (QED) is 0.670. The van der Waals surface area contributed by atoms with Crippen molar-refractivity contribution in [2.45, 2.75) is 32.5 Å². The summed E-state index contributed by atoms with van der Waals surface area (Å²) in [5.41, 5.74) is 1.01. The summed E-state index contributed by atoms with van der Waals surface area (Å²) in [5, 5.41) is 3.40. The van der Waals surface area contributed by atoms with Crippen LogP contribution in [0.5, 0.6) is 5.75 Å². The number of guanidine groups is 1. The maximum Gasteiger partial charge on any atom is 0.387 e. The summed E-state index contributed by atoms with van der Waals surface area (Å²) in [6, 6.07) is 7.17. The number of alkyl halides is 2. The molecule has 0 aliphatic heterocycles. The van der Waals surface area contributed by atoms with Crippen LogP contribution in [0.2, 0.25) is 0 Å². The van der Waals surface area contributed by atoms with Crippen LogP contribution in [0.1, 0.15) is 18.9 Å². The molecule has 2 unspecified atom stereocenters. The van der Waals surface area contributed by atoms with Gasteiger partial charge in [-0.05, 0) is 30.0 Å². The average molecular weight is 297 g/mol. The third-order valence-corrected chi connectivity index (χ3v) is 3.57. The molecule has 1 N–H and O–H groups in total. The Balaban J connectivity index is 1.90. The van der Waals surface area contributed by atoms with Gasteiger partial charge in [-0.15, -0.1) is 0 Å². The molecule has 0 saturated heterocycles. The van der Waals surface area contributed by atoms with Crippen molar-refractivity contribution in [3.63, 3.8) is 0 Å². The molecule has 1 aromatic rings. The minimum absolute atomic E-state index is 0.172. The van der Waals surface area contributed by atoms with Crippen molar-refractivity contribution >= 4 is 5.96 Å². The van der Waals surface area contributed by atoms with Crippen molar-refractivity contribution in [3.8, 4) is 5.75 Å². The second-order valence-corrected chi connectivity index (χ2v) is 5.39. The summed E-state index contributed by atoms with van der Waals surface area (Å²) < 4.78 is 28.5. The molecule has 0 heterocycles. The first-order valence-corrected chi connectivity index (χ1v) is 6.97. The molecular weight excluding hydrogens is 276 g/mol. The Bertz CT molecular complexity index is 490. The summed E-state index contributed by atoms with van der Waals surface area (Å²) in [7, 11) is 3.71. The molecule has 0 radical (unpaired) electrons. The second-order valence-electron chi connectivity index (χ2n) is 5.39. The Morgan fingerprint density at radius 2 is 2.05 bits per heavy atom. The van der Waals surface area contributed by atoms with Crippen molar-refractivity contribution in [3.05, 3.63) is 29.8 Å². The van der Waals surface area contributed by atoms with Gasteiger partial charge in [0, 0.05) is 26.7 Å². The van der Waals surface area contributed by atoms with Crippen LogP contribution in [-0.2, 0) is 6.54 Å². The van der Waals surface area contributed by atoms with Gasteiger partial charge < -0.3 is 15.0 Å². The van der Waals surface area contributed by atoms with Crippen molar-refractivity contribution in [2.24, 2.45) is 10.9 Å². The molecule has 1 aliphatic rings. The number of nitrogens with one attached hydrogen (secondary N) is 1. The van der Waals surface area contributed by atoms with Crippen molar-refractivity contribution in [1.82, 2.24) is 10.2 Å². The van der Waals surface area contributed by atoms with Gasteiger partial charge in [-0.3, -0.25) is 4.99 Å². The fourth-order valence-electron chi connectivity index (χ4n) is 2.16. The molecular formula is C15H21F2N3O. The lowest BCUT2D eigenvalue weighted by Gasteiger charge is -2.22. The Kier molecular flexibility index (Phi) is 4.98. The first-order chi connectivity index (χ1) is 9.99. The van der Waals surface area contributed by atoms with Gasteiger partial charge in [-0.25, -0.2) is 0 Å². The molecule has 2 atom stereocenters. The largest absolute Gasteiger partial charge is 0.435 e. The van der Waals surface area contributed by atoms with Crippen molar-refractivity contribution in [1.29, 1.82) is 0 Å². The second kappa shape index (κ2) is 6.74. The molecule has 2 rings (SSSR count). The highest BCUT2D eigenvalue weighted by Crippen LogP contribution is 2.29. The van der Waals surface area contributed by atoms with E-state index in [4.69, 9.17) is 0 Å². The predicted molar refractivity (Wildman–Crippen MR) is 78.6 cm³/mol. The van der Waals surface area contributed by atoms with Gasteiger partial charge in [-0.2, -0.15) is 8.78 Å². The number of nitrogens with zero attached hydrogens (tertiary/aromatic N) is 2. The summed E-state index contributed by atoms with van der Waals surface area (Å²) in [4.78, 5) is 6.27. The SMILES string of the molecule is CN=C(NC1CC1C)N(C)Cc1ccc(OC(F)F)cc1. The number of benzene rings is 1. The van der Waals surface area contributed by atoms with Gasteiger partial charge in [0.15, 0.2) is 5.96 Å². The molecule has 0 bridgehead atoms. The Morgan fingerprint density at radius 1 is 1.43 bits per heavy atom. The first-order valence-electron chi connectivity index (χ1n) is 6.97. The van der Waals surface area contributed by atoms with Gasteiger partial charge in [0.25, 0.3) is 0 Å². The van der Waals surface area contributed by atoms with E-state index in [-0.39, 0.29) is 5.75 Å². The lowest BCUT2D eigenvalue weighted by Crippen LogP contribution is -2.40. The number of aliphatic imine (C=N–C) groups is 1. The molecule has 116 valence electrons. The van der Waals surface area contributed by atoms with Crippen LogP contribution >= 0.6 is 0 Å². The third kappa shape index (κ3) is 4.58. The van der Waals surface area contributed by atoms with Crippen LogP contribution in [0.25, 0.3) is 0 Å². The molecule has 21 heavy (non-hydrogen) atoms. The fraction of sp³-hybridized carbons (Fsp3) is 0.533. The van der Waals surface area contributed by atoms with E-state index >= 15 is 0 Å². The number of hydrogen-bond acceptors (Lipinski definition) is 2. The Morgan fingerprint density at radius 3 is 2.52 bits per heavy atom. The molecule has 0 aromatic heterocycles. The molecule has 1 saturated carbocycles. The van der Waals surface area contributed by atoms with E-state index in [1.54, 1.807) is 31.3 Å². The molecule has 4 nitrogen and oxygen atoms in total. The van der Waals surface area contributed by atoms with E-state index in [1.807, 2.05) is 11.9 Å². The zero-order valence-corrected chi connectivity index (χ0v) is 12.5. The standard InChI is InChI=1S/C15H21F2N3O/c1-10-8-13(10)19-15(18-2)20(3)9-11-4-6-12(7-5-11)21-14(16)17/h4-7,10,13-14H,8-9H2,1-3H3,(H,18,19). The number of rotatable bonds is 5. The average Bonchev–Trinajstić information content (AvgIpc) is 3.13. The third-order valence-electron chi connectivity index (χ3n) is 3.57. The summed E-state index contributed by atoms with van der Waals surface area (Å²) >= 11 is 0. The lowest BCUT2D eigenvalue weighted by atomic mass is 10.2. The van der Waals surface area contributed by atoms with Gasteiger partial charge in [0.05, 0.1) is 0 Å². The molecule has 0 amide bonds. The lowest BCUT2D eigenvalue weighted by molar-refractivity contribution is -0.0498. The minimum Gasteiger partial charge on any atom is -0.435 e. The van der Waals surface area contributed by atoms with Gasteiger partial charge in [-0.1, -0.05) is 19.1 Å². The fourth-order valence-corrected chi connectivity index (χ4v) is 2.16.